The maximum absolute atomic E-state index is 6.80. The van der Waals surface area contributed by atoms with E-state index in [0.717, 1.165) is 4.43 Å². The van der Waals surface area contributed by atoms with E-state index in [4.69, 9.17) is 8.91 Å². The topological polar surface area (TPSA) is 0 Å². The normalized spacial score (nSPS) is 12.3. The van der Waals surface area contributed by atoms with Crippen molar-refractivity contribution >= 4 is 27.6 Å². The number of halogens is 2. The Morgan fingerprint density at radius 2 is 1.39 bits per heavy atom. The molecule has 2 heteroatoms. The zero-order valence-electron chi connectivity index (χ0n) is 10.7. The molecule has 2 aromatic rings. The van der Waals surface area contributed by atoms with Crippen LogP contribution in [0.5, 0.6) is 0 Å². The van der Waals surface area contributed by atoms with Crippen molar-refractivity contribution < 1.29 is 0 Å². The molecular formula is C16H18ClI. The molecule has 0 saturated heterocycles. The molecule has 0 bridgehead atoms. The molecule has 0 nitrogen and oxygen atoms in total. The standard InChI is InChI=1S/C16H18ClI/c1-16(2,15-11-7-4-8-12-15)18(17)13-14-9-5-3-6-10-14/h3-12H,13H2,1-2H3. The van der Waals surface area contributed by atoms with E-state index in [2.05, 4.69) is 74.5 Å². The zero-order valence-corrected chi connectivity index (χ0v) is 13.6. The Balaban J connectivity index is 2.15. The van der Waals surface area contributed by atoms with Gasteiger partial charge in [-0.1, -0.05) is 0 Å². The molecular weight excluding hydrogens is 355 g/mol. The average molecular weight is 373 g/mol. The summed E-state index contributed by atoms with van der Waals surface area (Å²) in [4.78, 5) is 0. The third-order valence-corrected chi connectivity index (χ3v) is 11.3. The van der Waals surface area contributed by atoms with E-state index in [1.54, 1.807) is 0 Å². The van der Waals surface area contributed by atoms with Crippen LogP contribution < -0.4 is 0 Å². The second kappa shape index (κ2) is 6.07. The molecule has 0 aliphatic carbocycles. The van der Waals surface area contributed by atoms with E-state index in [0.29, 0.717) is 0 Å². The number of hydrogen-bond donors (Lipinski definition) is 0. The summed E-state index contributed by atoms with van der Waals surface area (Å²) < 4.78 is 1.18. The van der Waals surface area contributed by atoms with E-state index in [1.807, 2.05) is 0 Å². The number of rotatable bonds is 4. The van der Waals surface area contributed by atoms with Crippen molar-refractivity contribution in [3.05, 3.63) is 71.8 Å². The summed E-state index contributed by atoms with van der Waals surface area (Å²) in [6.07, 6.45) is 0. The van der Waals surface area contributed by atoms with Crippen LogP contribution in [0.1, 0.15) is 25.0 Å². The first-order valence-corrected chi connectivity index (χ1v) is 11.4. The number of hydrogen-bond acceptors (Lipinski definition) is 0. The molecule has 2 rings (SSSR count). The third kappa shape index (κ3) is 3.27. The minimum absolute atomic E-state index is 0.128. The van der Waals surface area contributed by atoms with Crippen LogP contribution in [0, 0.1) is 0 Å². The van der Waals surface area contributed by atoms with Crippen LogP contribution in [-0.4, -0.2) is 0 Å². The van der Waals surface area contributed by atoms with Gasteiger partial charge in [-0.25, -0.2) is 0 Å². The Morgan fingerprint density at radius 1 is 0.889 bits per heavy atom. The van der Waals surface area contributed by atoms with Crippen LogP contribution in [0.3, 0.4) is 0 Å². The van der Waals surface area contributed by atoms with Gasteiger partial charge in [0.25, 0.3) is 0 Å². The molecule has 0 radical (unpaired) electrons. The van der Waals surface area contributed by atoms with Crippen LogP contribution in [0.25, 0.3) is 0 Å². The van der Waals surface area contributed by atoms with Gasteiger partial charge in [-0.3, -0.25) is 0 Å². The number of benzene rings is 2. The first kappa shape index (κ1) is 13.9. The summed E-state index contributed by atoms with van der Waals surface area (Å²) >= 11 is -1.58. The van der Waals surface area contributed by atoms with Crippen LogP contribution in [0.2, 0.25) is 0 Å². The van der Waals surface area contributed by atoms with E-state index in [9.17, 15) is 0 Å². The van der Waals surface area contributed by atoms with E-state index in [1.165, 1.54) is 11.1 Å². The Morgan fingerprint density at radius 3 is 1.94 bits per heavy atom. The van der Waals surface area contributed by atoms with Crippen molar-refractivity contribution in [1.82, 2.24) is 0 Å². The Labute approximate surface area is 120 Å². The summed E-state index contributed by atoms with van der Waals surface area (Å²) in [6.45, 7) is 4.56. The molecule has 0 spiro atoms. The van der Waals surface area contributed by atoms with Crippen LogP contribution in [-0.2, 0) is 7.85 Å². The fraction of sp³-hybridized carbons (Fsp3) is 0.250. The van der Waals surface area contributed by atoms with Gasteiger partial charge in [0.05, 0.1) is 0 Å². The van der Waals surface area contributed by atoms with E-state index < -0.39 is 18.7 Å². The second-order valence-corrected chi connectivity index (χ2v) is 12.3. The molecule has 18 heavy (non-hydrogen) atoms. The van der Waals surface area contributed by atoms with Gasteiger partial charge >= 0.3 is 121 Å². The molecule has 0 aliphatic heterocycles. The van der Waals surface area contributed by atoms with E-state index in [-0.39, 0.29) is 3.42 Å². The summed E-state index contributed by atoms with van der Waals surface area (Å²) in [6, 6.07) is 21.2. The van der Waals surface area contributed by atoms with E-state index >= 15 is 0 Å². The Kier molecular flexibility index (Phi) is 4.68. The van der Waals surface area contributed by atoms with Crippen LogP contribution >= 0.6 is 27.6 Å². The van der Waals surface area contributed by atoms with Crippen molar-refractivity contribution in [2.45, 2.75) is 21.7 Å². The van der Waals surface area contributed by atoms with Crippen molar-refractivity contribution in [1.29, 1.82) is 0 Å². The van der Waals surface area contributed by atoms with Crippen LogP contribution in [0.4, 0.5) is 0 Å². The van der Waals surface area contributed by atoms with Crippen molar-refractivity contribution in [2.24, 2.45) is 0 Å². The molecule has 0 atom stereocenters. The molecule has 2 aromatic carbocycles. The van der Waals surface area contributed by atoms with Gasteiger partial charge in [0.15, 0.2) is 0 Å². The molecule has 0 fully saturated rings. The van der Waals surface area contributed by atoms with Crippen LogP contribution in [0.15, 0.2) is 60.7 Å². The Hall–Kier alpha value is -0.540. The predicted octanol–water partition coefficient (Wildman–Crippen LogP) is 5.78. The number of alkyl halides is 2. The first-order chi connectivity index (χ1) is 8.60. The van der Waals surface area contributed by atoms with Crippen molar-refractivity contribution in [3.8, 4) is 0 Å². The molecule has 0 aromatic heterocycles. The van der Waals surface area contributed by atoms with Gasteiger partial charge < -0.3 is 0 Å². The summed E-state index contributed by atoms with van der Waals surface area (Å²) in [5, 5.41) is 0. The Bertz CT molecular complexity index is 479. The van der Waals surface area contributed by atoms with Gasteiger partial charge in [0, 0.05) is 0 Å². The van der Waals surface area contributed by atoms with Crippen molar-refractivity contribution in [2.75, 3.05) is 0 Å². The molecule has 0 unspecified atom stereocenters. The molecule has 0 saturated carbocycles. The summed E-state index contributed by atoms with van der Waals surface area (Å²) in [7, 11) is 6.80. The monoisotopic (exact) mass is 372 g/mol. The van der Waals surface area contributed by atoms with Gasteiger partial charge in [0.2, 0.25) is 0 Å². The predicted molar refractivity (Wildman–Crippen MR) is 89.5 cm³/mol. The van der Waals surface area contributed by atoms with Gasteiger partial charge in [0.1, 0.15) is 0 Å². The fourth-order valence-corrected chi connectivity index (χ4v) is 6.43. The molecule has 0 amide bonds. The molecule has 0 N–H and O–H groups in total. The average Bonchev–Trinajstić information content (AvgIpc) is 2.41. The molecule has 0 aliphatic rings. The molecule has 0 heterocycles. The quantitative estimate of drug-likeness (QED) is 0.471. The SMILES string of the molecule is CC(C)(c1ccccc1)I(Cl)Cc1ccccc1. The second-order valence-electron chi connectivity index (χ2n) is 4.76. The van der Waals surface area contributed by atoms with Crippen molar-refractivity contribution in [3.63, 3.8) is 0 Å². The first-order valence-electron chi connectivity index (χ1n) is 6.02. The summed E-state index contributed by atoms with van der Waals surface area (Å²) in [5.74, 6) is 0. The fourth-order valence-electron chi connectivity index (χ4n) is 1.82. The van der Waals surface area contributed by atoms with Gasteiger partial charge in [-0.2, -0.15) is 0 Å². The van der Waals surface area contributed by atoms with Gasteiger partial charge in [-0.15, -0.1) is 0 Å². The van der Waals surface area contributed by atoms with Gasteiger partial charge in [-0.05, 0) is 0 Å². The minimum atomic E-state index is -1.58. The maximum atomic E-state index is 6.80. The third-order valence-electron chi connectivity index (χ3n) is 3.09. The zero-order chi connectivity index (χ0) is 13.0. The summed E-state index contributed by atoms with van der Waals surface area (Å²) in [5.41, 5.74) is 2.72. The molecule has 96 valence electrons.